The number of amides is 1. The van der Waals surface area contributed by atoms with Gasteiger partial charge in [0, 0.05) is 21.6 Å². The van der Waals surface area contributed by atoms with Crippen molar-refractivity contribution in [1.82, 2.24) is 9.73 Å². The van der Waals surface area contributed by atoms with Gasteiger partial charge in [0.1, 0.15) is 12.4 Å². The molecule has 0 saturated heterocycles. The van der Waals surface area contributed by atoms with Crippen LogP contribution in [0.15, 0.2) is 118 Å². The SMILES string of the molecule is O=C(CN(Cc1ccc(Br)cc1)S(=O)(=O)c1ccc(Cl)cc1)N/N=C\c1ccccc1OCc1ccccc1. The number of para-hydroxylation sites is 1. The summed E-state index contributed by atoms with van der Waals surface area (Å²) in [5, 5.41) is 4.46. The molecule has 0 aliphatic carbocycles. The van der Waals surface area contributed by atoms with Gasteiger partial charge in [-0.15, -0.1) is 0 Å². The molecule has 4 rings (SSSR count). The van der Waals surface area contributed by atoms with Crippen molar-refractivity contribution in [1.29, 1.82) is 0 Å². The number of hydrogen-bond acceptors (Lipinski definition) is 5. The van der Waals surface area contributed by atoms with Crippen LogP contribution in [0.2, 0.25) is 5.02 Å². The molecule has 0 saturated carbocycles. The zero-order chi connectivity index (χ0) is 27.7. The lowest BCUT2D eigenvalue weighted by Crippen LogP contribution is -2.39. The van der Waals surface area contributed by atoms with E-state index in [0.29, 0.717) is 22.9 Å². The van der Waals surface area contributed by atoms with Crippen LogP contribution in [0.4, 0.5) is 0 Å². The van der Waals surface area contributed by atoms with Crippen molar-refractivity contribution in [3.63, 3.8) is 0 Å². The van der Waals surface area contributed by atoms with E-state index in [9.17, 15) is 13.2 Å². The molecule has 0 atom stereocenters. The molecule has 0 heterocycles. The summed E-state index contributed by atoms with van der Waals surface area (Å²) >= 11 is 9.31. The number of hydrazone groups is 1. The van der Waals surface area contributed by atoms with E-state index in [0.717, 1.165) is 19.9 Å². The minimum absolute atomic E-state index is 0.00840. The topological polar surface area (TPSA) is 88.1 Å². The third-order valence-electron chi connectivity index (χ3n) is 5.59. The van der Waals surface area contributed by atoms with Gasteiger partial charge >= 0.3 is 0 Å². The van der Waals surface area contributed by atoms with Crippen molar-refractivity contribution in [2.75, 3.05) is 6.54 Å². The predicted octanol–water partition coefficient (Wildman–Crippen LogP) is 6.02. The third kappa shape index (κ3) is 8.24. The first-order valence-corrected chi connectivity index (χ1v) is 14.5. The van der Waals surface area contributed by atoms with Crippen molar-refractivity contribution in [2.45, 2.75) is 18.0 Å². The summed E-state index contributed by atoms with van der Waals surface area (Å²) in [5.74, 6) is 0.00474. The second-order valence-corrected chi connectivity index (χ2v) is 11.7. The Morgan fingerprint density at radius 2 is 1.56 bits per heavy atom. The van der Waals surface area contributed by atoms with E-state index in [1.54, 1.807) is 18.2 Å². The van der Waals surface area contributed by atoms with Gasteiger partial charge in [-0.2, -0.15) is 9.41 Å². The molecule has 0 unspecified atom stereocenters. The number of ether oxygens (including phenoxy) is 1. The Morgan fingerprint density at radius 1 is 0.897 bits per heavy atom. The van der Waals surface area contributed by atoms with E-state index in [-0.39, 0.29) is 11.4 Å². The van der Waals surface area contributed by atoms with Crippen LogP contribution in [-0.2, 0) is 28.0 Å². The predicted molar refractivity (Wildman–Crippen MR) is 156 cm³/mol. The molecule has 200 valence electrons. The second kappa shape index (κ2) is 13.5. The third-order valence-corrected chi connectivity index (χ3v) is 8.18. The monoisotopic (exact) mass is 625 g/mol. The summed E-state index contributed by atoms with van der Waals surface area (Å²) in [5.41, 5.74) is 4.83. The molecule has 0 bridgehead atoms. The number of nitrogens with zero attached hydrogens (tertiary/aromatic N) is 2. The van der Waals surface area contributed by atoms with Crippen molar-refractivity contribution in [3.8, 4) is 5.75 Å². The maximum absolute atomic E-state index is 13.4. The summed E-state index contributed by atoms with van der Waals surface area (Å²) in [4.78, 5) is 12.9. The maximum atomic E-state index is 13.4. The number of carbonyl (C=O) groups is 1. The Labute approximate surface area is 241 Å². The van der Waals surface area contributed by atoms with Crippen molar-refractivity contribution in [3.05, 3.63) is 129 Å². The number of nitrogens with one attached hydrogen (secondary N) is 1. The fraction of sp³-hybridized carbons (Fsp3) is 0.103. The molecular weight excluding hydrogens is 602 g/mol. The number of hydrogen-bond donors (Lipinski definition) is 1. The molecule has 0 aromatic heterocycles. The summed E-state index contributed by atoms with van der Waals surface area (Å²) in [6.45, 7) is -0.0678. The smallest absolute Gasteiger partial charge is 0.255 e. The molecule has 0 aliphatic rings. The zero-order valence-electron chi connectivity index (χ0n) is 20.7. The molecule has 4 aromatic carbocycles. The molecule has 7 nitrogen and oxygen atoms in total. The van der Waals surface area contributed by atoms with Gasteiger partial charge in [0.15, 0.2) is 0 Å². The summed E-state index contributed by atoms with van der Waals surface area (Å²) in [7, 11) is -4.01. The molecule has 1 amide bonds. The standard InChI is InChI=1S/C29H25BrClN3O4S/c30-25-12-10-22(11-13-25)19-34(39(36,37)27-16-14-26(31)15-17-27)20-29(35)33-32-18-24-8-4-5-9-28(24)38-21-23-6-2-1-3-7-23/h1-18H,19-21H2,(H,33,35)/b32-18-. The van der Waals surface area contributed by atoms with E-state index in [4.69, 9.17) is 16.3 Å². The molecule has 0 spiro atoms. The van der Waals surface area contributed by atoms with Crippen LogP contribution < -0.4 is 10.2 Å². The Kier molecular flexibility index (Phi) is 9.89. The molecule has 4 aromatic rings. The second-order valence-electron chi connectivity index (χ2n) is 8.46. The molecule has 0 radical (unpaired) electrons. The number of carbonyl (C=O) groups excluding carboxylic acids is 1. The lowest BCUT2D eigenvalue weighted by molar-refractivity contribution is -0.121. The van der Waals surface area contributed by atoms with Crippen LogP contribution in [0.3, 0.4) is 0 Å². The highest BCUT2D eigenvalue weighted by molar-refractivity contribution is 9.10. The highest BCUT2D eigenvalue weighted by Crippen LogP contribution is 2.22. The molecule has 0 aliphatic heterocycles. The molecule has 1 N–H and O–H groups in total. The number of rotatable bonds is 11. The highest BCUT2D eigenvalue weighted by atomic mass is 79.9. The number of benzene rings is 4. The Morgan fingerprint density at radius 3 is 2.28 bits per heavy atom. The van der Waals surface area contributed by atoms with Crippen molar-refractivity contribution < 1.29 is 17.9 Å². The van der Waals surface area contributed by atoms with Crippen molar-refractivity contribution >= 4 is 49.7 Å². The van der Waals surface area contributed by atoms with E-state index in [2.05, 4.69) is 26.5 Å². The normalized spacial score (nSPS) is 11.6. The van der Waals surface area contributed by atoms with Gasteiger partial charge < -0.3 is 4.74 Å². The first-order chi connectivity index (χ1) is 18.8. The molecular formula is C29H25BrClN3O4S. The van der Waals surface area contributed by atoms with E-state index in [1.165, 1.54) is 30.5 Å². The Bertz CT molecular complexity index is 1530. The first-order valence-electron chi connectivity index (χ1n) is 11.9. The quantitative estimate of drug-likeness (QED) is 0.163. The lowest BCUT2D eigenvalue weighted by atomic mass is 10.2. The lowest BCUT2D eigenvalue weighted by Gasteiger charge is -2.21. The van der Waals surface area contributed by atoms with Gasteiger partial charge in [0.25, 0.3) is 5.91 Å². The highest BCUT2D eigenvalue weighted by Gasteiger charge is 2.27. The fourth-order valence-electron chi connectivity index (χ4n) is 3.60. The Hall–Kier alpha value is -3.50. The first kappa shape index (κ1) is 28.5. The summed E-state index contributed by atoms with van der Waals surface area (Å²) < 4.78 is 34.7. The van der Waals surface area contributed by atoms with E-state index in [1.807, 2.05) is 60.7 Å². The van der Waals surface area contributed by atoms with Gasteiger partial charge in [-0.25, -0.2) is 13.8 Å². The summed E-state index contributed by atoms with van der Waals surface area (Å²) in [6.07, 6.45) is 1.46. The largest absolute Gasteiger partial charge is 0.488 e. The van der Waals surface area contributed by atoms with Crippen LogP contribution in [0.1, 0.15) is 16.7 Å². The number of sulfonamides is 1. The van der Waals surface area contributed by atoms with Gasteiger partial charge in [-0.1, -0.05) is 82.1 Å². The number of halogens is 2. The van der Waals surface area contributed by atoms with E-state index >= 15 is 0 Å². The summed E-state index contributed by atoms with van der Waals surface area (Å²) in [6, 6.07) is 30.1. The van der Waals surface area contributed by atoms with Crippen LogP contribution in [-0.4, -0.2) is 31.4 Å². The molecule has 10 heteroatoms. The average Bonchev–Trinajstić information content (AvgIpc) is 2.94. The van der Waals surface area contributed by atoms with Crippen LogP contribution in [0, 0.1) is 0 Å². The molecule has 39 heavy (non-hydrogen) atoms. The maximum Gasteiger partial charge on any atom is 0.255 e. The van der Waals surface area contributed by atoms with Gasteiger partial charge in [0.2, 0.25) is 10.0 Å². The average molecular weight is 627 g/mol. The zero-order valence-corrected chi connectivity index (χ0v) is 23.9. The van der Waals surface area contributed by atoms with Crippen LogP contribution in [0.5, 0.6) is 5.75 Å². The Balaban J connectivity index is 1.46. The van der Waals surface area contributed by atoms with Crippen LogP contribution in [0.25, 0.3) is 0 Å². The van der Waals surface area contributed by atoms with Crippen molar-refractivity contribution in [2.24, 2.45) is 5.10 Å². The fourth-order valence-corrected chi connectivity index (χ4v) is 5.37. The minimum atomic E-state index is -4.01. The van der Waals surface area contributed by atoms with Crippen LogP contribution >= 0.6 is 27.5 Å². The van der Waals surface area contributed by atoms with Gasteiger partial charge in [-0.05, 0) is 59.7 Å². The van der Waals surface area contributed by atoms with Gasteiger partial charge in [-0.3, -0.25) is 4.79 Å². The minimum Gasteiger partial charge on any atom is -0.488 e. The van der Waals surface area contributed by atoms with E-state index < -0.39 is 22.5 Å². The van der Waals surface area contributed by atoms with Gasteiger partial charge in [0.05, 0.1) is 17.7 Å². The molecule has 0 fully saturated rings.